The van der Waals surface area contributed by atoms with Gasteiger partial charge in [0.05, 0.1) is 68.8 Å². The molecule has 0 bridgehead atoms. The minimum absolute atomic E-state index is 0.00992. The fourth-order valence-electron chi connectivity index (χ4n) is 19.0. The van der Waals surface area contributed by atoms with Crippen molar-refractivity contribution in [2.45, 2.75) is 284 Å². The maximum Gasteiger partial charge on any atom is 0.315 e. The summed E-state index contributed by atoms with van der Waals surface area (Å²) in [7, 11) is 0. The topological polar surface area (TPSA) is 529 Å². The number of aliphatic hydroxyl groups excluding tert-OH is 17. The Bertz CT molecular complexity index is 2800. The van der Waals surface area contributed by atoms with Gasteiger partial charge in [0.1, 0.15) is 115 Å². The van der Waals surface area contributed by atoms with E-state index in [0.29, 0.717) is 32.1 Å². The van der Waals surface area contributed by atoms with Crippen molar-refractivity contribution in [3.8, 4) is 0 Å². The van der Waals surface area contributed by atoms with Crippen LogP contribution in [0.4, 0.5) is 0 Å². The van der Waals surface area contributed by atoms with Gasteiger partial charge in [0, 0.05) is 5.41 Å². The monoisotopic (exact) mass is 1400 g/mol. The molecule has 11 aliphatic rings. The fraction of sp³-hybridized carbons (Fsp3) is 0.938. The lowest BCUT2D eigenvalue weighted by molar-refractivity contribution is -0.390. The molecule has 5 aliphatic carbocycles. The number of hydrogen-bond acceptors (Lipinski definition) is 32. The number of aliphatic hydroxyl groups is 18. The third-order valence-electron chi connectivity index (χ3n) is 25.0. The number of rotatable bonds is 17. The fourth-order valence-corrected chi connectivity index (χ4v) is 19.0. The van der Waals surface area contributed by atoms with Crippen LogP contribution >= 0.6 is 0 Å². The lowest BCUT2D eigenvalue weighted by Gasteiger charge is -2.71. The van der Waals surface area contributed by atoms with E-state index in [1.807, 2.05) is 6.92 Å². The first-order valence-electron chi connectivity index (χ1n) is 33.8. The minimum Gasteiger partial charge on any atom is -0.481 e. The Morgan fingerprint density at radius 3 is 1.69 bits per heavy atom. The highest BCUT2D eigenvalue weighted by Gasteiger charge is 2.74. The molecule has 0 amide bonds. The molecule has 37 atom stereocenters. The number of carbonyl (C=O) groups excluding carboxylic acids is 1. The van der Waals surface area contributed by atoms with Crippen LogP contribution < -0.4 is 0 Å². The first-order chi connectivity index (χ1) is 45.5. The number of hydrogen-bond donors (Lipinski definition) is 19. The molecule has 6 saturated heterocycles. The van der Waals surface area contributed by atoms with Gasteiger partial charge in [-0.3, -0.25) is 9.59 Å². The van der Waals surface area contributed by atoms with Crippen molar-refractivity contribution in [3.63, 3.8) is 0 Å². The molecule has 2 unspecified atom stereocenters. The Hall–Kier alpha value is -2.48. The van der Waals surface area contributed by atoms with E-state index in [9.17, 15) is 102 Å². The van der Waals surface area contributed by atoms with E-state index >= 15 is 4.79 Å². The second-order valence-electron chi connectivity index (χ2n) is 30.9. The van der Waals surface area contributed by atoms with Crippen molar-refractivity contribution in [1.29, 1.82) is 0 Å². The maximum atomic E-state index is 15.7. The first kappa shape index (κ1) is 75.7. The average molecular weight is 1400 g/mol. The normalized spacial score (nSPS) is 54.5. The first-order valence-corrected chi connectivity index (χ1v) is 33.8. The number of carboxylic acid groups (broad SMARTS) is 1. The molecule has 10 fully saturated rings. The molecule has 33 nitrogen and oxygen atoms in total. The molecule has 4 saturated carbocycles. The van der Waals surface area contributed by atoms with E-state index in [-0.39, 0.29) is 43.6 Å². The highest BCUT2D eigenvalue weighted by molar-refractivity contribution is 5.79. The summed E-state index contributed by atoms with van der Waals surface area (Å²) in [6.45, 7) is 8.39. The van der Waals surface area contributed by atoms with Crippen LogP contribution in [-0.4, -0.2) is 326 Å². The summed E-state index contributed by atoms with van der Waals surface area (Å²) in [5.74, 6) is -3.68. The van der Waals surface area contributed by atoms with Crippen LogP contribution in [0.15, 0.2) is 11.6 Å². The van der Waals surface area contributed by atoms with Crippen LogP contribution in [0.3, 0.4) is 0 Å². The molecule has 0 aromatic heterocycles. The molecule has 0 radical (unpaired) electrons. The van der Waals surface area contributed by atoms with Crippen LogP contribution in [0.5, 0.6) is 0 Å². The van der Waals surface area contributed by atoms with Crippen LogP contribution in [0.25, 0.3) is 0 Å². The van der Waals surface area contributed by atoms with Crippen molar-refractivity contribution >= 4 is 11.9 Å². The van der Waals surface area contributed by atoms with Gasteiger partial charge in [0.25, 0.3) is 0 Å². The van der Waals surface area contributed by atoms with E-state index in [0.717, 1.165) is 5.57 Å². The second kappa shape index (κ2) is 27.9. The van der Waals surface area contributed by atoms with Gasteiger partial charge in [-0.15, -0.1) is 0 Å². The van der Waals surface area contributed by atoms with E-state index in [4.69, 9.17) is 56.8 Å². The van der Waals surface area contributed by atoms with Crippen molar-refractivity contribution < 1.29 is 163 Å². The molecule has 33 heteroatoms. The predicted molar refractivity (Wildman–Crippen MR) is 318 cm³/mol. The van der Waals surface area contributed by atoms with Crippen molar-refractivity contribution in [2.24, 2.45) is 50.2 Å². The Morgan fingerprint density at radius 2 is 1.10 bits per heavy atom. The Kier molecular flexibility index (Phi) is 21.7. The van der Waals surface area contributed by atoms with Crippen molar-refractivity contribution in [3.05, 3.63) is 11.6 Å². The molecule has 0 spiro atoms. The van der Waals surface area contributed by atoms with Gasteiger partial charge < -0.3 is 154 Å². The highest BCUT2D eigenvalue weighted by Crippen LogP contribution is 2.76. The van der Waals surface area contributed by atoms with Crippen LogP contribution in [0.1, 0.15) is 106 Å². The average Bonchev–Trinajstić information content (AvgIpc) is 0.989. The van der Waals surface area contributed by atoms with Crippen molar-refractivity contribution in [2.75, 3.05) is 39.6 Å². The molecule has 11 rings (SSSR count). The Labute approximate surface area is 559 Å². The summed E-state index contributed by atoms with van der Waals surface area (Å²) in [5.41, 5.74) is -7.55. The molecule has 0 aromatic carbocycles. The lowest BCUT2D eigenvalue weighted by atomic mass is 9.33. The summed E-state index contributed by atoms with van der Waals surface area (Å²) in [6, 6.07) is 0. The van der Waals surface area contributed by atoms with Crippen LogP contribution in [-0.2, 0) is 66.4 Å². The van der Waals surface area contributed by atoms with E-state index in [1.54, 1.807) is 0 Å². The number of carboxylic acids is 1. The molecule has 0 aromatic rings. The summed E-state index contributed by atoms with van der Waals surface area (Å²) in [4.78, 5) is 29.5. The van der Waals surface area contributed by atoms with Crippen molar-refractivity contribution in [1.82, 2.24) is 0 Å². The Balaban J connectivity index is 0.818. The van der Waals surface area contributed by atoms with E-state index in [1.165, 1.54) is 20.8 Å². The molecular formula is C64H102O33. The largest absolute Gasteiger partial charge is 0.481 e. The smallest absolute Gasteiger partial charge is 0.315 e. The van der Waals surface area contributed by atoms with Gasteiger partial charge >= 0.3 is 11.9 Å². The molecule has 6 heterocycles. The van der Waals surface area contributed by atoms with Gasteiger partial charge in [-0.05, 0) is 113 Å². The highest BCUT2D eigenvalue weighted by atomic mass is 16.8. The third kappa shape index (κ3) is 12.5. The van der Waals surface area contributed by atoms with Crippen LogP contribution in [0, 0.1) is 50.2 Å². The molecule has 19 N–H and O–H groups in total. The zero-order chi connectivity index (χ0) is 70.9. The maximum absolute atomic E-state index is 15.7. The lowest BCUT2D eigenvalue weighted by Crippen LogP contribution is -2.71. The predicted octanol–water partition coefficient (Wildman–Crippen LogP) is -6.04. The van der Waals surface area contributed by atoms with Gasteiger partial charge in [0.2, 0.25) is 6.29 Å². The Morgan fingerprint density at radius 1 is 0.546 bits per heavy atom. The zero-order valence-corrected chi connectivity index (χ0v) is 55.3. The second-order valence-corrected chi connectivity index (χ2v) is 30.9. The quantitative estimate of drug-likeness (QED) is 0.0366. The van der Waals surface area contributed by atoms with Crippen LogP contribution in [0.2, 0.25) is 0 Å². The molecule has 556 valence electrons. The summed E-state index contributed by atoms with van der Waals surface area (Å²) in [5, 5.41) is 209. The minimum atomic E-state index is -2.15. The third-order valence-corrected chi connectivity index (χ3v) is 25.0. The number of carbonyl (C=O) groups is 2. The van der Waals surface area contributed by atoms with Gasteiger partial charge in [-0.1, -0.05) is 39.3 Å². The standard InChI is InChI=1S/C64H102O33/c1-24-34(70)40(76)47(95-50-44(80)41(77)45(25(2)89-50)93-53-46(94-51-42(78)38(74)35(71)29(18-65)90-51)37(73)31(20-86-53)92-55-48(81)64(85,22-68)23-87-55)54(88-24)97-57(84)62-13-12-58(3,4)16-27(62)26-8-9-32-59(5)17-28(69)49(96-52-43(79)39(75)36(72)30(19-66)91-52)61(7,56(82)83)33(59)10-11-60(32,6)63(26,21-67)15-14-62/h8,24-25,27-55,65-81,85H,9-23H2,1-7H3,(H,82,83)/t24-,25+,27?,28-,29-,30+,31+,32?,33+,34+,35+,36+,37-,38+,39-,40+,41+,42-,43+,44-,45+,46+,47-,48-,49-,50+,51+,52-,53-,54+,55-,59+,60+,61-,62-,63-,64+/m0/s1. The number of esters is 1. The van der Waals surface area contributed by atoms with E-state index in [2.05, 4.69) is 26.8 Å². The number of aliphatic carboxylic acids is 1. The zero-order valence-electron chi connectivity index (χ0n) is 55.3. The van der Waals surface area contributed by atoms with Gasteiger partial charge in [-0.25, -0.2) is 0 Å². The SMILES string of the molecule is C[C@@H]1O[C@H](OC(=O)[C@]23CCC(C)(C)CC2C2=CCC4[C@@]5(C)C[C@H](O)[C@H](O[C@@H]6O[C@H](CO)[C@@H](O)[C@H](O)[C@H]6O)[C@@](C)(C(=O)O)[C@@H]5CC[C@@]4(C)[C@]2(CO)CC3)[C@@H](O[C@H]2O[C@H](C)[C@@H](O[C@@H]3OC[C@@H](O[C@@H]4OC[C@](O)(CO)[C@H]4O)[C@H](O)[C@H]3O[C@H]3O[C@@H](CO)[C@@H](O)[C@@H](O)[C@@H]3O)[C@H](O)[C@@H]2O)[C@H](O)[C@@H]1O. The van der Waals surface area contributed by atoms with E-state index < -0.39 is 262 Å². The number of fused-ring (bicyclic) bond motifs is 7. The molecular weight excluding hydrogens is 1300 g/mol. The summed E-state index contributed by atoms with van der Waals surface area (Å²) >= 11 is 0. The summed E-state index contributed by atoms with van der Waals surface area (Å²) < 4.78 is 71.5. The van der Waals surface area contributed by atoms with Gasteiger partial charge in [0.15, 0.2) is 37.6 Å². The summed E-state index contributed by atoms with van der Waals surface area (Å²) in [6.07, 6.45) is -43.9. The van der Waals surface area contributed by atoms with Gasteiger partial charge in [-0.2, -0.15) is 0 Å². The number of ether oxygens (including phenoxy) is 12. The number of allylic oxidation sites excluding steroid dienone is 1. The molecule has 97 heavy (non-hydrogen) atoms. The molecule has 6 aliphatic heterocycles.